The highest BCUT2D eigenvalue weighted by Gasteiger charge is 2.28. The molecule has 1 aliphatic rings. The van der Waals surface area contributed by atoms with Gasteiger partial charge in [0, 0.05) is 11.6 Å². The van der Waals surface area contributed by atoms with Gasteiger partial charge in [-0.3, -0.25) is 0 Å². The molecule has 2 N–H and O–H groups in total. The van der Waals surface area contributed by atoms with E-state index in [0.29, 0.717) is 6.04 Å². The number of hydrogen-bond acceptors (Lipinski definition) is 3. The summed E-state index contributed by atoms with van der Waals surface area (Å²) >= 11 is 0. The number of nitrogens with zero attached hydrogens (tertiary/aromatic N) is 3. The molecule has 0 unspecified atom stereocenters. The first-order valence-corrected chi connectivity index (χ1v) is 5.63. The topological polar surface area (TPSA) is 56.7 Å². The van der Waals surface area contributed by atoms with E-state index in [9.17, 15) is 4.39 Å². The molecule has 88 valence electrons. The van der Waals surface area contributed by atoms with Crippen LogP contribution in [0.25, 0.3) is 11.4 Å². The standard InChI is InChI=1S/C12H13FN4/c1-7-15-16-12(17(7)9-3-4-9)8-2-5-10(13)11(14)6-8/h2,5-6,9H,3-4,14H2,1H3. The average molecular weight is 232 g/mol. The molecule has 2 aromatic rings. The quantitative estimate of drug-likeness (QED) is 0.808. The Morgan fingerprint density at radius 3 is 2.76 bits per heavy atom. The van der Waals surface area contributed by atoms with Crippen molar-refractivity contribution in [3.8, 4) is 11.4 Å². The Hall–Kier alpha value is -1.91. The van der Waals surface area contributed by atoms with Gasteiger partial charge >= 0.3 is 0 Å². The molecule has 0 spiro atoms. The van der Waals surface area contributed by atoms with Gasteiger partial charge < -0.3 is 10.3 Å². The van der Waals surface area contributed by atoms with E-state index < -0.39 is 5.82 Å². The minimum atomic E-state index is -0.400. The fraction of sp³-hybridized carbons (Fsp3) is 0.333. The summed E-state index contributed by atoms with van der Waals surface area (Å²) < 4.78 is 15.2. The highest BCUT2D eigenvalue weighted by molar-refractivity contribution is 5.62. The van der Waals surface area contributed by atoms with Gasteiger partial charge in [-0.05, 0) is 38.0 Å². The first-order valence-electron chi connectivity index (χ1n) is 5.63. The summed E-state index contributed by atoms with van der Waals surface area (Å²) in [6.45, 7) is 1.93. The van der Waals surface area contributed by atoms with Crippen molar-refractivity contribution in [2.24, 2.45) is 0 Å². The SMILES string of the molecule is Cc1nnc(-c2ccc(F)c(N)c2)n1C1CC1. The van der Waals surface area contributed by atoms with E-state index >= 15 is 0 Å². The fourth-order valence-electron chi connectivity index (χ4n) is 2.02. The number of nitrogen functional groups attached to an aromatic ring is 1. The van der Waals surface area contributed by atoms with Crippen LogP contribution in [0, 0.1) is 12.7 Å². The van der Waals surface area contributed by atoms with Crippen LogP contribution in [0.5, 0.6) is 0 Å². The summed E-state index contributed by atoms with van der Waals surface area (Å²) in [5, 5.41) is 8.24. The van der Waals surface area contributed by atoms with Gasteiger partial charge in [0.05, 0.1) is 5.69 Å². The number of aromatic nitrogens is 3. The summed E-state index contributed by atoms with van der Waals surface area (Å²) in [5.41, 5.74) is 6.53. The first kappa shape index (κ1) is 10.3. The molecule has 1 fully saturated rings. The molecule has 1 aliphatic carbocycles. The Labute approximate surface area is 98.3 Å². The second kappa shape index (κ2) is 3.55. The van der Waals surface area contributed by atoms with Gasteiger partial charge in [0.25, 0.3) is 0 Å². The second-order valence-corrected chi connectivity index (χ2v) is 4.41. The largest absolute Gasteiger partial charge is 0.396 e. The molecule has 0 bridgehead atoms. The van der Waals surface area contributed by atoms with Crippen molar-refractivity contribution >= 4 is 5.69 Å². The van der Waals surface area contributed by atoms with Crippen LogP contribution in [0.2, 0.25) is 0 Å². The molecular weight excluding hydrogens is 219 g/mol. The molecule has 1 saturated carbocycles. The predicted octanol–water partition coefficient (Wildman–Crippen LogP) is 2.31. The number of anilines is 1. The monoisotopic (exact) mass is 232 g/mol. The highest BCUT2D eigenvalue weighted by Crippen LogP contribution is 2.38. The zero-order valence-electron chi connectivity index (χ0n) is 9.52. The van der Waals surface area contributed by atoms with E-state index in [1.807, 2.05) is 6.92 Å². The van der Waals surface area contributed by atoms with Gasteiger partial charge in [-0.2, -0.15) is 0 Å². The zero-order chi connectivity index (χ0) is 12.0. The maximum Gasteiger partial charge on any atom is 0.164 e. The van der Waals surface area contributed by atoms with Gasteiger partial charge in [0.1, 0.15) is 11.6 Å². The van der Waals surface area contributed by atoms with Crippen LogP contribution in [0.3, 0.4) is 0 Å². The number of halogens is 1. The number of nitrogens with two attached hydrogens (primary N) is 1. The van der Waals surface area contributed by atoms with Crippen molar-refractivity contribution < 1.29 is 4.39 Å². The number of aryl methyl sites for hydroxylation is 1. The number of hydrogen-bond donors (Lipinski definition) is 1. The van der Waals surface area contributed by atoms with Crippen LogP contribution in [-0.2, 0) is 0 Å². The summed E-state index contributed by atoms with van der Waals surface area (Å²) in [5.74, 6) is 1.27. The molecule has 1 aromatic carbocycles. The molecule has 17 heavy (non-hydrogen) atoms. The Bertz CT molecular complexity index is 572. The third-order valence-corrected chi connectivity index (χ3v) is 3.03. The van der Waals surface area contributed by atoms with Crippen molar-refractivity contribution in [1.29, 1.82) is 0 Å². The average Bonchev–Trinajstić information content (AvgIpc) is 3.06. The van der Waals surface area contributed by atoms with E-state index in [2.05, 4.69) is 14.8 Å². The Morgan fingerprint density at radius 2 is 2.12 bits per heavy atom. The number of rotatable bonds is 2. The normalized spacial score (nSPS) is 15.2. The molecule has 0 aliphatic heterocycles. The Kier molecular flexibility index (Phi) is 2.14. The fourth-order valence-corrected chi connectivity index (χ4v) is 2.02. The molecule has 0 atom stereocenters. The molecule has 4 nitrogen and oxygen atoms in total. The third kappa shape index (κ3) is 1.67. The van der Waals surface area contributed by atoms with E-state index in [-0.39, 0.29) is 5.69 Å². The summed E-state index contributed by atoms with van der Waals surface area (Å²) in [4.78, 5) is 0. The maximum absolute atomic E-state index is 13.1. The second-order valence-electron chi connectivity index (χ2n) is 4.41. The van der Waals surface area contributed by atoms with Crippen LogP contribution in [0.15, 0.2) is 18.2 Å². The zero-order valence-corrected chi connectivity index (χ0v) is 9.52. The number of benzene rings is 1. The molecule has 1 aromatic heterocycles. The maximum atomic E-state index is 13.1. The van der Waals surface area contributed by atoms with Crippen LogP contribution in [0.1, 0.15) is 24.7 Å². The predicted molar refractivity (Wildman–Crippen MR) is 62.8 cm³/mol. The van der Waals surface area contributed by atoms with Gasteiger partial charge in [-0.1, -0.05) is 0 Å². The first-order chi connectivity index (χ1) is 8.16. The van der Waals surface area contributed by atoms with Crippen molar-refractivity contribution in [1.82, 2.24) is 14.8 Å². The Morgan fingerprint density at radius 1 is 1.35 bits per heavy atom. The van der Waals surface area contributed by atoms with Crippen LogP contribution in [-0.4, -0.2) is 14.8 Å². The molecule has 1 heterocycles. The van der Waals surface area contributed by atoms with Gasteiger partial charge in [0.2, 0.25) is 0 Å². The van der Waals surface area contributed by atoms with E-state index in [0.717, 1.165) is 30.1 Å². The van der Waals surface area contributed by atoms with E-state index in [4.69, 9.17) is 5.73 Å². The minimum Gasteiger partial charge on any atom is -0.396 e. The van der Waals surface area contributed by atoms with Crippen LogP contribution >= 0.6 is 0 Å². The summed E-state index contributed by atoms with van der Waals surface area (Å²) in [6, 6.07) is 5.16. The lowest BCUT2D eigenvalue weighted by Crippen LogP contribution is -2.00. The van der Waals surface area contributed by atoms with E-state index in [1.165, 1.54) is 6.07 Å². The smallest absolute Gasteiger partial charge is 0.164 e. The van der Waals surface area contributed by atoms with Gasteiger partial charge in [-0.15, -0.1) is 10.2 Å². The summed E-state index contributed by atoms with van der Waals surface area (Å²) in [6.07, 6.45) is 2.31. The molecule has 0 radical (unpaired) electrons. The third-order valence-electron chi connectivity index (χ3n) is 3.03. The van der Waals surface area contributed by atoms with Crippen LogP contribution in [0.4, 0.5) is 10.1 Å². The molecule has 5 heteroatoms. The molecule has 3 rings (SSSR count). The van der Waals surface area contributed by atoms with E-state index in [1.54, 1.807) is 12.1 Å². The minimum absolute atomic E-state index is 0.144. The van der Waals surface area contributed by atoms with Crippen molar-refractivity contribution in [3.63, 3.8) is 0 Å². The summed E-state index contributed by atoms with van der Waals surface area (Å²) in [7, 11) is 0. The van der Waals surface area contributed by atoms with Gasteiger partial charge in [0.15, 0.2) is 5.82 Å². The van der Waals surface area contributed by atoms with Crippen molar-refractivity contribution in [2.75, 3.05) is 5.73 Å². The Balaban J connectivity index is 2.11. The molecule has 0 amide bonds. The van der Waals surface area contributed by atoms with Crippen LogP contribution < -0.4 is 5.73 Å². The highest BCUT2D eigenvalue weighted by atomic mass is 19.1. The van der Waals surface area contributed by atoms with Crippen molar-refractivity contribution in [2.45, 2.75) is 25.8 Å². The lowest BCUT2D eigenvalue weighted by molar-refractivity contribution is 0.632. The molecular formula is C12H13FN4. The lowest BCUT2D eigenvalue weighted by Gasteiger charge is -2.07. The molecule has 0 saturated heterocycles. The van der Waals surface area contributed by atoms with Gasteiger partial charge in [-0.25, -0.2) is 4.39 Å². The van der Waals surface area contributed by atoms with Crippen molar-refractivity contribution in [3.05, 3.63) is 29.8 Å². The lowest BCUT2D eigenvalue weighted by atomic mass is 10.2.